The molecular weight excluding hydrogens is 442 g/mol. The highest BCUT2D eigenvalue weighted by molar-refractivity contribution is 7.89. The summed E-state index contributed by atoms with van der Waals surface area (Å²) in [5, 5.41) is 10.9. The fraction of sp³-hybridized carbons (Fsp3) is 0.435. The third-order valence-electron chi connectivity index (χ3n) is 5.45. The summed E-state index contributed by atoms with van der Waals surface area (Å²) in [5.41, 5.74) is 2.06. The summed E-state index contributed by atoms with van der Waals surface area (Å²) in [7, 11) is -3.65. The summed E-state index contributed by atoms with van der Waals surface area (Å²) in [4.78, 5) is 19.5. The molecule has 0 radical (unpaired) electrons. The first-order valence-corrected chi connectivity index (χ1v) is 12.6. The van der Waals surface area contributed by atoms with Gasteiger partial charge in [-0.1, -0.05) is 49.0 Å². The van der Waals surface area contributed by atoms with E-state index in [1.807, 2.05) is 25.1 Å². The molecular formula is C23H31N5O4S. The molecule has 0 unspecified atom stereocenters. The van der Waals surface area contributed by atoms with Crippen molar-refractivity contribution in [2.45, 2.75) is 57.6 Å². The van der Waals surface area contributed by atoms with Gasteiger partial charge in [-0.05, 0) is 55.7 Å². The van der Waals surface area contributed by atoms with E-state index in [1.54, 1.807) is 26.8 Å². The lowest BCUT2D eigenvalue weighted by Crippen LogP contribution is -2.43. The normalized spacial score (nSPS) is 13.7. The van der Waals surface area contributed by atoms with Gasteiger partial charge in [-0.25, -0.2) is 8.42 Å². The van der Waals surface area contributed by atoms with Crippen LogP contribution in [0.15, 0.2) is 53.4 Å². The van der Waals surface area contributed by atoms with Gasteiger partial charge in [0.25, 0.3) is 5.91 Å². The van der Waals surface area contributed by atoms with Gasteiger partial charge in [-0.3, -0.25) is 4.79 Å². The van der Waals surface area contributed by atoms with Crippen molar-refractivity contribution in [1.82, 2.24) is 24.8 Å². The van der Waals surface area contributed by atoms with E-state index in [2.05, 4.69) is 27.8 Å². The van der Waals surface area contributed by atoms with Crippen molar-refractivity contribution < 1.29 is 18.0 Å². The van der Waals surface area contributed by atoms with Crippen LogP contribution in [0.25, 0.3) is 11.0 Å². The standard InChI is InChI=1S/C23H31N5O4S/c1-5-27(6-2)33(30,31)20-14-15-21-22(16-20)28(26-25-21)32-18(4)23(29)24-17(3)12-13-19-10-8-7-9-11-19/h7-11,14-18H,5-6,12-13H2,1-4H3,(H,24,29)/t17-,18-/m1/s1. The average Bonchev–Trinajstić information content (AvgIpc) is 3.21. The van der Waals surface area contributed by atoms with E-state index in [0.29, 0.717) is 24.1 Å². The third kappa shape index (κ3) is 5.88. The number of aryl methyl sites for hydroxylation is 1. The minimum atomic E-state index is -3.65. The molecule has 178 valence electrons. The van der Waals surface area contributed by atoms with E-state index in [0.717, 1.165) is 17.7 Å². The number of sulfonamides is 1. The SMILES string of the molecule is CCN(CC)S(=O)(=O)c1ccc2nnn(O[C@H](C)C(=O)N[C@H](C)CCc3ccccc3)c2c1. The molecule has 1 N–H and O–H groups in total. The van der Waals surface area contributed by atoms with Crippen LogP contribution in [0.4, 0.5) is 0 Å². The zero-order valence-electron chi connectivity index (χ0n) is 19.4. The lowest BCUT2D eigenvalue weighted by molar-refractivity contribution is -0.133. The molecule has 0 aliphatic carbocycles. The maximum atomic E-state index is 12.9. The molecule has 0 aliphatic rings. The molecule has 3 rings (SSSR count). The highest BCUT2D eigenvalue weighted by Gasteiger charge is 2.24. The van der Waals surface area contributed by atoms with E-state index < -0.39 is 16.1 Å². The molecule has 1 aromatic heterocycles. The van der Waals surface area contributed by atoms with E-state index >= 15 is 0 Å². The average molecular weight is 474 g/mol. The topological polar surface area (TPSA) is 106 Å². The van der Waals surface area contributed by atoms with E-state index in [9.17, 15) is 13.2 Å². The van der Waals surface area contributed by atoms with Gasteiger partial charge in [-0.2, -0.15) is 4.31 Å². The second-order valence-electron chi connectivity index (χ2n) is 7.88. The molecule has 1 heterocycles. The summed E-state index contributed by atoms with van der Waals surface area (Å²) in [6.07, 6.45) is 0.799. The molecule has 33 heavy (non-hydrogen) atoms. The van der Waals surface area contributed by atoms with Crippen LogP contribution < -0.4 is 10.2 Å². The number of hydrogen-bond acceptors (Lipinski definition) is 6. The molecule has 2 atom stereocenters. The third-order valence-corrected chi connectivity index (χ3v) is 7.50. The van der Waals surface area contributed by atoms with Crippen molar-refractivity contribution in [1.29, 1.82) is 0 Å². The first kappa shape index (κ1) is 24.7. The van der Waals surface area contributed by atoms with E-state index in [1.165, 1.54) is 22.0 Å². The Morgan fingerprint density at radius 1 is 1.12 bits per heavy atom. The molecule has 0 saturated heterocycles. The van der Waals surface area contributed by atoms with Gasteiger partial charge in [0.05, 0.1) is 4.90 Å². The van der Waals surface area contributed by atoms with Gasteiger partial charge in [0.2, 0.25) is 16.1 Å². The predicted octanol–water partition coefficient (Wildman–Crippen LogP) is 2.42. The zero-order chi connectivity index (χ0) is 24.0. The molecule has 0 fully saturated rings. The number of nitrogens with zero attached hydrogens (tertiary/aromatic N) is 4. The molecule has 1 amide bonds. The van der Waals surface area contributed by atoms with E-state index in [-0.39, 0.29) is 16.8 Å². The van der Waals surface area contributed by atoms with Crippen LogP contribution in [0.2, 0.25) is 0 Å². The second kappa shape index (κ2) is 10.8. The smallest absolute Gasteiger partial charge is 0.263 e. The Hall–Kier alpha value is -2.98. The first-order valence-electron chi connectivity index (χ1n) is 11.1. The number of rotatable bonds is 11. The van der Waals surface area contributed by atoms with Gasteiger partial charge < -0.3 is 10.2 Å². The Bertz CT molecular complexity index is 1180. The fourth-order valence-electron chi connectivity index (χ4n) is 3.49. The summed E-state index contributed by atoms with van der Waals surface area (Å²) >= 11 is 0. The number of carbonyl (C=O) groups is 1. The number of nitrogens with one attached hydrogen (secondary N) is 1. The van der Waals surface area contributed by atoms with Crippen molar-refractivity contribution in [3.8, 4) is 0 Å². The van der Waals surface area contributed by atoms with Crippen molar-refractivity contribution in [2.75, 3.05) is 13.1 Å². The van der Waals surface area contributed by atoms with Gasteiger partial charge in [-0.15, -0.1) is 5.10 Å². The number of hydrogen-bond donors (Lipinski definition) is 1. The molecule has 0 saturated carbocycles. The Labute approximate surface area is 194 Å². The van der Waals surface area contributed by atoms with Crippen LogP contribution in [-0.4, -0.2) is 59.0 Å². The molecule has 9 nitrogen and oxygen atoms in total. The minimum Gasteiger partial charge on any atom is -0.382 e. The highest BCUT2D eigenvalue weighted by Crippen LogP contribution is 2.20. The Balaban J connectivity index is 1.67. The lowest BCUT2D eigenvalue weighted by atomic mass is 10.1. The van der Waals surface area contributed by atoms with Crippen molar-refractivity contribution >= 4 is 27.0 Å². The quantitative estimate of drug-likeness (QED) is 0.458. The fourth-order valence-corrected chi connectivity index (χ4v) is 4.97. The summed E-state index contributed by atoms with van der Waals surface area (Å²) < 4.78 is 27.1. The number of carbonyl (C=O) groups excluding carboxylic acids is 1. The van der Waals surface area contributed by atoms with Gasteiger partial charge in [0, 0.05) is 19.1 Å². The monoisotopic (exact) mass is 473 g/mol. The maximum Gasteiger partial charge on any atom is 0.263 e. The Morgan fingerprint density at radius 2 is 1.82 bits per heavy atom. The van der Waals surface area contributed by atoms with Crippen LogP contribution in [0.1, 0.15) is 39.7 Å². The van der Waals surface area contributed by atoms with Crippen molar-refractivity contribution in [2.24, 2.45) is 0 Å². The van der Waals surface area contributed by atoms with E-state index in [4.69, 9.17) is 4.84 Å². The lowest BCUT2D eigenvalue weighted by Gasteiger charge is -2.19. The van der Waals surface area contributed by atoms with Gasteiger partial charge in [0.1, 0.15) is 11.0 Å². The zero-order valence-corrected chi connectivity index (χ0v) is 20.2. The number of fused-ring (bicyclic) bond motifs is 1. The summed E-state index contributed by atoms with van der Waals surface area (Å²) in [6.45, 7) is 7.87. The molecule has 2 aromatic carbocycles. The number of benzene rings is 2. The van der Waals surface area contributed by atoms with Crippen molar-refractivity contribution in [3.63, 3.8) is 0 Å². The van der Waals surface area contributed by atoms with Crippen LogP contribution in [0.5, 0.6) is 0 Å². The van der Waals surface area contributed by atoms with Gasteiger partial charge >= 0.3 is 0 Å². The minimum absolute atomic E-state index is 0.0398. The number of amides is 1. The van der Waals surface area contributed by atoms with Crippen molar-refractivity contribution in [3.05, 3.63) is 54.1 Å². The molecule has 0 bridgehead atoms. The highest BCUT2D eigenvalue weighted by atomic mass is 32.2. The first-order chi connectivity index (χ1) is 15.8. The molecule has 0 spiro atoms. The molecule has 10 heteroatoms. The maximum absolute atomic E-state index is 12.9. The van der Waals surface area contributed by atoms with Gasteiger partial charge in [0.15, 0.2) is 0 Å². The molecule has 0 aliphatic heterocycles. The predicted molar refractivity (Wildman–Crippen MR) is 126 cm³/mol. The molecule has 3 aromatic rings. The largest absolute Gasteiger partial charge is 0.382 e. The van der Waals surface area contributed by atoms with Crippen LogP contribution in [-0.2, 0) is 21.2 Å². The number of aromatic nitrogens is 3. The Morgan fingerprint density at radius 3 is 2.48 bits per heavy atom. The van der Waals surface area contributed by atoms with Crippen LogP contribution in [0.3, 0.4) is 0 Å². The summed E-state index contributed by atoms with van der Waals surface area (Å²) in [6, 6.07) is 14.6. The Kier molecular flexibility index (Phi) is 8.04. The second-order valence-corrected chi connectivity index (χ2v) is 9.82. The van der Waals surface area contributed by atoms with Crippen LogP contribution in [0, 0.1) is 0 Å². The van der Waals surface area contributed by atoms with Crippen LogP contribution >= 0.6 is 0 Å². The summed E-state index contributed by atoms with van der Waals surface area (Å²) in [5.74, 6) is -0.286.